The number of likely N-dealkylation sites (N-methyl/N-ethyl adjacent to an activating group) is 1. The van der Waals surface area contributed by atoms with Gasteiger partial charge in [0, 0.05) is 19.1 Å². The molecule has 0 aromatic rings. The third kappa shape index (κ3) is 2.99. The normalized spacial score (nSPS) is 29.2. The van der Waals surface area contributed by atoms with Crippen molar-refractivity contribution in [2.75, 3.05) is 33.2 Å². The second-order valence-electron chi connectivity index (χ2n) is 5.50. The van der Waals surface area contributed by atoms with Crippen molar-refractivity contribution in [2.45, 2.75) is 38.1 Å². The molecule has 1 aliphatic carbocycles. The molecule has 1 saturated heterocycles. The molecule has 1 amide bonds. The molecule has 2 N–H and O–H groups in total. The fraction of sp³-hybridized carbons (Fsp3) is 0.923. The van der Waals surface area contributed by atoms with Crippen LogP contribution in [-0.4, -0.2) is 55.0 Å². The minimum absolute atomic E-state index is 0.299. The summed E-state index contributed by atoms with van der Waals surface area (Å²) in [4.78, 5) is 16.3. The predicted octanol–water partition coefficient (Wildman–Crippen LogP) is 0.668. The smallest absolute Gasteiger partial charge is 0.236 e. The minimum Gasteiger partial charge on any atom is -0.342 e. The first kappa shape index (κ1) is 12.8. The second kappa shape index (κ2) is 5.83. The van der Waals surface area contributed by atoms with Crippen LogP contribution in [0.1, 0.15) is 32.1 Å². The molecule has 0 bridgehead atoms. The van der Waals surface area contributed by atoms with Crippen molar-refractivity contribution in [3.63, 3.8) is 0 Å². The number of hydrogen-bond acceptors (Lipinski definition) is 3. The Hall–Kier alpha value is -0.610. The van der Waals surface area contributed by atoms with E-state index in [1.165, 1.54) is 32.1 Å². The quantitative estimate of drug-likeness (QED) is 0.784. The number of amides is 1. The van der Waals surface area contributed by atoms with E-state index in [4.69, 9.17) is 5.73 Å². The zero-order valence-corrected chi connectivity index (χ0v) is 10.9. The molecule has 2 rings (SSSR count). The van der Waals surface area contributed by atoms with Gasteiger partial charge in [-0.2, -0.15) is 0 Å². The molecule has 1 aliphatic heterocycles. The molecule has 0 radical (unpaired) electrons. The third-order valence-electron chi connectivity index (χ3n) is 4.33. The zero-order chi connectivity index (χ0) is 12.3. The first-order valence-electron chi connectivity index (χ1n) is 6.90. The fourth-order valence-corrected chi connectivity index (χ4v) is 3.27. The van der Waals surface area contributed by atoms with Crippen molar-refractivity contribution < 1.29 is 4.79 Å². The van der Waals surface area contributed by atoms with E-state index in [9.17, 15) is 4.79 Å². The van der Waals surface area contributed by atoms with E-state index < -0.39 is 0 Å². The lowest BCUT2D eigenvalue weighted by Crippen LogP contribution is -2.44. The van der Waals surface area contributed by atoms with Crippen LogP contribution in [0, 0.1) is 5.92 Å². The molecule has 1 heterocycles. The molecule has 98 valence electrons. The van der Waals surface area contributed by atoms with Gasteiger partial charge < -0.3 is 10.6 Å². The van der Waals surface area contributed by atoms with Gasteiger partial charge >= 0.3 is 0 Å². The lowest BCUT2D eigenvalue weighted by molar-refractivity contribution is -0.131. The van der Waals surface area contributed by atoms with Gasteiger partial charge in [-0.3, -0.25) is 9.69 Å². The molecule has 0 aromatic carbocycles. The molecule has 4 heteroatoms. The second-order valence-corrected chi connectivity index (χ2v) is 5.50. The standard InChI is InChI=1S/C13H25N3O/c1-15(12-6-4-5-11(12)9-14)10-13(17)16-7-2-3-8-16/h11-12H,2-10,14H2,1H3. The van der Waals surface area contributed by atoms with Gasteiger partial charge in [0.15, 0.2) is 0 Å². The third-order valence-corrected chi connectivity index (χ3v) is 4.33. The lowest BCUT2D eigenvalue weighted by atomic mass is 10.0. The van der Waals surface area contributed by atoms with Gasteiger partial charge in [-0.1, -0.05) is 6.42 Å². The number of carbonyl (C=O) groups excluding carboxylic acids is 1. The number of likely N-dealkylation sites (tertiary alicyclic amines) is 1. The number of carbonyl (C=O) groups is 1. The van der Waals surface area contributed by atoms with Crippen molar-refractivity contribution >= 4 is 5.91 Å². The summed E-state index contributed by atoms with van der Waals surface area (Å²) in [6.45, 7) is 3.24. The van der Waals surface area contributed by atoms with Gasteiger partial charge in [-0.25, -0.2) is 0 Å². The Bertz CT molecular complexity index is 263. The average Bonchev–Trinajstić information content (AvgIpc) is 2.99. The highest BCUT2D eigenvalue weighted by Gasteiger charge is 2.31. The first-order chi connectivity index (χ1) is 8.22. The summed E-state index contributed by atoms with van der Waals surface area (Å²) in [5.41, 5.74) is 5.79. The summed E-state index contributed by atoms with van der Waals surface area (Å²) < 4.78 is 0. The van der Waals surface area contributed by atoms with Gasteiger partial charge in [0.05, 0.1) is 6.54 Å². The maximum Gasteiger partial charge on any atom is 0.236 e. The molecule has 2 fully saturated rings. The van der Waals surface area contributed by atoms with E-state index in [-0.39, 0.29) is 0 Å². The monoisotopic (exact) mass is 239 g/mol. The molecular formula is C13H25N3O. The van der Waals surface area contributed by atoms with E-state index in [1.54, 1.807) is 0 Å². The first-order valence-corrected chi connectivity index (χ1v) is 6.90. The Morgan fingerprint density at radius 3 is 2.65 bits per heavy atom. The summed E-state index contributed by atoms with van der Waals surface area (Å²) in [5.74, 6) is 0.888. The molecule has 2 unspecified atom stereocenters. The highest BCUT2D eigenvalue weighted by molar-refractivity contribution is 5.78. The van der Waals surface area contributed by atoms with Crippen molar-refractivity contribution in [1.29, 1.82) is 0 Å². The molecule has 0 spiro atoms. The highest BCUT2D eigenvalue weighted by atomic mass is 16.2. The maximum absolute atomic E-state index is 12.1. The number of nitrogens with zero attached hydrogens (tertiary/aromatic N) is 2. The molecule has 2 atom stereocenters. The van der Waals surface area contributed by atoms with Crippen molar-refractivity contribution in [2.24, 2.45) is 11.7 Å². The van der Waals surface area contributed by atoms with Crippen molar-refractivity contribution in [3.8, 4) is 0 Å². The maximum atomic E-state index is 12.1. The number of rotatable bonds is 4. The summed E-state index contributed by atoms with van der Waals surface area (Å²) >= 11 is 0. The van der Waals surface area contributed by atoms with E-state index >= 15 is 0 Å². The molecule has 0 aromatic heterocycles. The van der Waals surface area contributed by atoms with E-state index in [0.717, 1.165) is 19.6 Å². The minimum atomic E-state index is 0.299. The SMILES string of the molecule is CN(CC(=O)N1CCCC1)C1CCCC1CN. The summed E-state index contributed by atoms with van der Waals surface area (Å²) in [6, 6.07) is 0.520. The van der Waals surface area contributed by atoms with Crippen molar-refractivity contribution in [1.82, 2.24) is 9.80 Å². The molecular weight excluding hydrogens is 214 g/mol. The van der Waals surface area contributed by atoms with E-state index in [1.807, 2.05) is 4.90 Å². The Labute approximate surface area is 104 Å². The van der Waals surface area contributed by atoms with E-state index in [2.05, 4.69) is 11.9 Å². The summed E-state index contributed by atoms with van der Waals surface area (Å²) in [7, 11) is 2.08. The van der Waals surface area contributed by atoms with Gasteiger partial charge in [-0.15, -0.1) is 0 Å². The topological polar surface area (TPSA) is 49.6 Å². The van der Waals surface area contributed by atoms with Crippen LogP contribution in [-0.2, 0) is 4.79 Å². The number of hydrogen-bond donors (Lipinski definition) is 1. The summed E-state index contributed by atoms with van der Waals surface area (Å²) in [6.07, 6.45) is 6.03. The molecule has 2 aliphatic rings. The lowest BCUT2D eigenvalue weighted by Gasteiger charge is -2.30. The Kier molecular flexibility index (Phi) is 4.40. The predicted molar refractivity (Wildman–Crippen MR) is 68.6 cm³/mol. The fourth-order valence-electron chi connectivity index (χ4n) is 3.27. The molecule has 4 nitrogen and oxygen atoms in total. The van der Waals surface area contributed by atoms with Crippen LogP contribution in [0.5, 0.6) is 0 Å². The van der Waals surface area contributed by atoms with Crippen LogP contribution in [0.2, 0.25) is 0 Å². The Balaban J connectivity index is 1.83. The zero-order valence-electron chi connectivity index (χ0n) is 10.9. The van der Waals surface area contributed by atoms with Crippen LogP contribution >= 0.6 is 0 Å². The number of nitrogens with two attached hydrogens (primary N) is 1. The van der Waals surface area contributed by atoms with Gasteiger partial charge in [0.1, 0.15) is 0 Å². The van der Waals surface area contributed by atoms with Gasteiger partial charge in [0.2, 0.25) is 5.91 Å². The Morgan fingerprint density at radius 2 is 2.00 bits per heavy atom. The van der Waals surface area contributed by atoms with Crippen LogP contribution in [0.15, 0.2) is 0 Å². The highest BCUT2D eigenvalue weighted by Crippen LogP contribution is 2.28. The van der Waals surface area contributed by atoms with E-state index in [0.29, 0.717) is 24.4 Å². The van der Waals surface area contributed by atoms with Crippen LogP contribution < -0.4 is 5.73 Å². The largest absolute Gasteiger partial charge is 0.342 e. The van der Waals surface area contributed by atoms with Crippen LogP contribution in [0.25, 0.3) is 0 Å². The average molecular weight is 239 g/mol. The van der Waals surface area contributed by atoms with Crippen molar-refractivity contribution in [3.05, 3.63) is 0 Å². The van der Waals surface area contributed by atoms with Gasteiger partial charge in [0.25, 0.3) is 0 Å². The summed E-state index contributed by atoms with van der Waals surface area (Å²) in [5, 5.41) is 0. The molecule has 1 saturated carbocycles. The van der Waals surface area contributed by atoms with Crippen LogP contribution in [0.3, 0.4) is 0 Å². The van der Waals surface area contributed by atoms with Gasteiger partial charge in [-0.05, 0) is 45.2 Å². The van der Waals surface area contributed by atoms with Crippen LogP contribution in [0.4, 0.5) is 0 Å². The molecule has 17 heavy (non-hydrogen) atoms. The Morgan fingerprint density at radius 1 is 1.29 bits per heavy atom.